The van der Waals surface area contributed by atoms with Gasteiger partial charge in [-0.1, -0.05) is 12.1 Å². The summed E-state index contributed by atoms with van der Waals surface area (Å²) in [4.78, 5) is 10.9. The second-order valence-electron chi connectivity index (χ2n) is 5.27. The molecule has 0 aliphatic heterocycles. The number of anilines is 1. The van der Waals surface area contributed by atoms with Gasteiger partial charge < -0.3 is 15.5 Å². The third-order valence-electron chi connectivity index (χ3n) is 3.42. The lowest BCUT2D eigenvalue weighted by molar-refractivity contribution is -0.143. The summed E-state index contributed by atoms with van der Waals surface area (Å²) in [6.07, 6.45) is -9.97. The highest BCUT2D eigenvalue weighted by Crippen LogP contribution is 2.37. The van der Waals surface area contributed by atoms with Crippen molar-refractivity contribution in [2.45, 2.75) is 18.9 Å². The summed E-state index contributed by atoms with van der Waals surface area (Å²) in [6.45, 7) is -0.383. The molecule has 26 heavy (non-hydrogen) atoms. The van der Waals surface area contributed by atoms with Gasteiger partial charge in [-0.25, -0.2) is 4.79 Å². The monoisotopic (exact) mass is 379 g/mol. The molecule has 0 aliphatic rings. The van der Waals surface area contributed by atoms with Crippen molar-refractivity contribution in [3.63, 3.8) is 0 Å². The van der Waals surface area contributed by atoms with Crippen LogP contribution >= 0.6 is 0 Å². The van der Waals surface area contributed by atoms with Crippen molar-refractivity contribution in [1.82, 2.24) is 0 Å². The summed E-state index contributed by atoms with van der Waals surface area (Å²) >= 11 is 0. The summed E-state index contributed by atoms with van der Waals surface area (Å²) in [5, 5.41) is 21.1. The van der Waals surface area contributed by atoms with Crippen molar-refractivity contribution in [3.05, 3.63) is 58.7 Å². The van der Waals surface area contributed by atoms with E-state index in [0.29, 0.717) is 12.1 Å². The zero-order valence-electron chi connectivity index (χ0n) is 12.7. The van der Waals surface area contributed by atoms with Gasteiger partial charge in [-0.2, -0.15) is 26.3 Å². The number of aromatic carboxylic acids is 1. The first kappa shape index (κ1) is 19.4. The minimum atomic E-state index is -4.98. The number of hydrogen-bond donors (Lipinski definition) is 3. The molecule has 0 heterocycles. The molecule has 4 nitrogen and oxygen atoms in total. The quantitative estimate of drug-likeness (QED) is 0.672. The summed E-state index contributed by atoms with van der Waals surface area (Å²) in [5.74, 6) is -2.06. The molecule has 0 saturated carbocycles. The second-order valence-corrected chi connectivity index (χ2v) is 5.27. The standard InChI is InChI=1S/C16H11F6NO3/c17-15(18,19)9-4-10(16(20,21)22)6-11(5-9)23-7-8-2-1-3-12(13(8)24)14(25)26/h1-6,23-24H,7H2,(H,25,26). The fourth-order valence-corrected chi connectivity index (χ4v) is 2.16. The fraction of sp³-hybridized carbons (Fsp3) is 0.188. The Labute approximate surface area is 142 Å². The van der Waals surface area contributed by atoms with Gasteiger partial charge in [0.1, 0.15) is 11.3 Å². The Morgan fingerprint density at radius 3 is 1.96 bits per heavy atom. The number of para-hydroxylation sites is 1. The molecule has 0 bridgehead atoms. The largest absolute Gasteiger partial charge is 0.507 e. The Morgan fingerprint density at radius 1 is 0.962 bits per heavy atom. The molecule has 2 aromatic rings. The molecule has 2 aromatic carbocycles. The van der Waals surface area contributed by atoms with Crippen LogP contribution in [0.2, 0.25) is 0 Å². The van der Waals surface area contributed by atoms with E-state index in [1.807, 2.05) is 0 Å². The highest BCUT2D eigenvalue weighted by molar-refractivity contribution is 5.91. The van der Waals surface area contributed by atoms with Crippen molar-refractivity contribution in [2.75, 3.05) is 5.32 Å². The fourth-order valence-electron chi connectivity index (χ4n) is 2.16. The van der Waals surface area contributed by atoms with E-state index in [0.717, 1.165) is 6.07 Å². The Balaban J connectivity index is 2.35. The van der Waals surface area contributed by atoms with E-state index in [-0.39, 0.29) is 18.2 Å². The van der Waals surface area contributed by atoms with Gasteiger partial charge >= 0.3 is 18.3 Å². The predicted molar refractivity (Wildman–Crippen MR) is 78.8 cm³/mol. The Bertz CT molecular complexity index is 797. The van der Waals surface area contributed by atoms with Crippen LogP contribution in [0.5, 0.6) is 5.75 Å². The van der Waals surface area contributed by atoms with Crippen LogP contribution in [0.4, 0.5) is 32.0 Å². The molecule has 0 saturated heterocycles. The van der Waals surface area contributed by atoms with Crippen LogP contribution < -0.4 is 5.32 Å². The van der Waals surface area contributed by atoms with Gasteiger partial charge in [-0.15, -0.1) is 0 Å². The zero-order chi connectivity index (χ0) is 19.7. The third kappa shape index (κ3) is 4.38. The van der Waals surface area contributed by atoms with E-state index >= 15 is 0 Å². The Hall–Kier alpha value is -2.91. The molecule has 2 rings (SSSR count). The number of alkyl halides is 6. The number of nitrogens with one attached hydrogen (secondary N) is 1. The number of hydrogen-bond acceptors (Lipinski definition) is 3. The summed E-state index contributed by atoms with van der Waals surface area (Å²) in [5.41, 5.74) is -3.90. The Morgan fingerprint density at radius 2 is 1.50 bits per heavy atom. The number of carboxylic acids is 1. The molecule has 0 fully saturated rings. The number of phenols is 1. The first-order chi connectivity index (χ1) is 11.9. The van der Waals surface area contributed by atoms with Crippen molar-refractivity contribution in [2.24, 2.45) is 0 Å². The first-order valence-corrected chi connectivity index (χ1v) is 6.97. The van der Waals surface area contributed by atoms with E-state index in [9.17, 15) is 36.2 Å². The smallest absolute Gasteiger partial charge is 0.416 e. The van der Waals surface area contributed by atoms with Gasteiger partial charge in [0, 0.05) is 17.8 Å². The maximum absolute atomic E-state index is 12.8. The van der Waals surface area contributed by atoms with Crippen LogP contribution in [0.3, 0.4) is 0 Å². The van der Waals surface area contributed by atoms with Crippen molar-refractivity contribution >= 4 is 11.7 Å². The molecule has 140 valence electrons. The summed E-state index contributed by atoms with van der Waals surface area (Å²) in [6, 6.07) is 4.65. The number of carboxylic acid groups (broad SMARTS) is 1. The topological polar surface area (TPSA) is 69.6 Å². The first-order valence-electron chi connectivity index (χ1n) is 6.97. The molecule has 10 heteroatoms. The number of rotatable bonds is 4. The van der Waals surface area contributed by atoms with Crippen LogP contribution in [0.25, 0.3) is 0 Å². The van der Waals surface area contributed by atoms with Gasteiger partial charge in [0.05, 0.1) is 11.1 Å². The van der Waals surface area contributed by atoms with Crippen molar-refractivity contribution in [1.29, 1.82) is 0 Å². The molecular formula is C16H11F6NO3. The van der Waals surface area contributed by atoms with Gasteiger partial charge in [0.2, 0.25) is 0 Å². The lowest BCUT2D eigenvalue weighted by atomic mass is 10.1. The molecule has 3 N–H and O–H groups in total. The van der Waals surface area contributed by atoms with E-state index in [4.69, 9.17) is 5.11 Å². The SMILES string of the molecule is O=C(O)c1cccc(CNc2cc(C(F)(F)F)cc(C(F)(F)F)c2)c1O. The average molecular weight is 379 g/mol. The summed E-state index contributed by atoms with van der Waals surface area (Å²) in [7, 11) is 0. The Kier molecular flexibility index (Phi) is 5.06. The van der Waals surface area contributed by atoms with Gasteiger partial charge in [-0.3, -0.25) is 0 Å². The highest BCUT2D eigenvalue weighted by Gasteiger charge is 2.36. The van der Waals surface area contributed by atoms with Gasteiger partial charge in [0.25, 0.3) is 0 Å². The van der Waals surface area contributed by atoms with Crippen LogP contribution in [-0.4, -0.2) is 16.2 Å². The highest BCUT2D eigenvalue weighted by atomic mass is 19.4. The van der Waals surface area contributed by atoms with Crippen LogP contribution in [0.15, 0.2) is 36.4 Å². The number of benzene rings is 2. The van der Waals surface area contributed by atoms with Crippen molar-refractivity contribution in [3.8, 4) is 5.75 Å². The zero-order valence-corrected chi connectivity index (χ0v) is 12.7. The van der Waals surface area contributed by atoms with Gasteiger partial charge in [-0.05, 0) is 24.3 Å². The third-order valence-corrected chi connectivity index (χ3v) is 3.42. The lowest BCUT2D eigenvalue weighted by Crippen LogP contribution is -2.12. The number of halogens is 6. The molecular weight excluding hydrogens is 368 g/mol. The van der Waals surface area contributed by atoms with E-state index in [1.54, 1.807) is 0 Å². The van der Waals surface area contributed by atoms with Crippen LogP contribution in [-0.2, 0) is 18.9 Å². The second kappa shape index (κ2) is 6.77. The molecule has 0 radical (unpaired) electrons. The van der Waals surface area contributed by atoms with E-state index < -0.39 is 46.4 Å². The minimum absolute atomic E-state index is 0.00382. The van der Waals surface area contributed by atoms with E-state index in [2.05, 4.69) is 5.32 Å². The summed E-state index contributed by atoms with van der Waals surface area (Å²) < 4.78 is 76.8. The minimum Gasteiger partial charge on any atom is -0.507 e. The maximum Gasteiger partial charge on any atom is 0.416 e. The number of carbonyl (C=O) groups is 1. The molecule has 0 unspecified atom stereocenters. The predicted octanol–water partition coefficient (Wildman–Crippen LogP) is 4.74. The normalized spacial score (nSPS) is 12.1. The molecule has 0 aliphatic carbocycles. The van der Waals surface area contributed by atoms with Gasteiger partial charge in [0.15, 0.2) is 0 Å². The molecule has 0 amide bonds. The molecule has 0 atom stereocenters. The molecule has 0 aromatic heterocycles. The van der Waals surface area contributed by atoms with Crippen LogP contribution in [0.1, 0.15) is 27.0 Å². The average Bonchev–Trinajstić information content (AvgIpc) is 2.51. The number of aromatic hydroxyl groups is 1. The van der Waals surface area contributed by atoms with E-state index in [1.165, 1.54) is 12.1 Å². The molecule has 0 spiro atoms. The van der Waals surface area contributed by atoms with Crippen LogP contribution in [0, 0.1) is 0 Å². The maximum atomic E-state index is 12.8. The van der Waals surface area contributed by atoms with Crippen molar-refractivity contribution < 1.29 is 41.4 Å². The lowest BCUT2D eigenvalue weighted by Gasteiger charge is -2.16.